The molecule has 6 nitrogen and oxygen atoms in total. The van der Waals surface area contributed by atoms with Gasteiger partial charge in [-0.05, 0) is 46.1 Å². The highest BCUT2D eigenvalue weighted by Crippen LogP contribution is 2.37. The Bertz CT molecular complexity index is 611. The maximum absolute atomic E-state index is 6.20. The Kier molecular flexibility index (Phi) is 3.12. The molecular formula is C14H21N5O. The first-order valence-corrected chi connectivity index (χ1v) is 7.13. The maximum atomic E-state index is 6.20. The van der Waals surface area contributed by atoms with Gasteiger partial charge in [0, 0.05) is 12.1 Å². The van der Waals surface area contributed by atoms with E-state index in [0.29, 0.717) is 18.1 Å². The van der Waals surface area contributed by atoms with Gasteiger partial charge in [-0.3, -0.25) is 4.68 Å². The van der Waals surface area contributed by atoms with Crippen LogP contribution in [0.2, 0.25) is 0 Å². The molecule has 1 fully saturated rings. The third-order valence-electron chi connectivity index (χ3n) is 4.09. The molecule has 6 heteroatoms. The zero-order valence-electron chi connectivity index (χ0n) is 12.3. The normalized spacial score (nSPS) is 18.8. The number of rotatable bonds is 4. The van der Waals surface area contributed by atoms with E-state index in [2.05, 4.69) is 35.2 Å². The zero-order valence-corrected chi connectivity index (χ0v) is 12.3. The number of nitrogens with zero attached hydrogens (tertiary/aromatic N) is 4. The van der Waals surface area contributed by atoms with Gasteiger partial charge in [-0.2, -0.15) is 10.1 Å². The van der Waals surface area contributed by atoms with E-state index in [4.69, 9.17) is 10.3 Å². The average molecular weight is 275 g/mol. The van der Waals surface area contributed by atoms with E-state index < -0.39 is 0 Å². The minimum atomic E-state index is -0.358. The first-order valence-electron chi connectivity index (χ1n) is 7.13. The van der Waals surface area contributed by atoms with Crippen LogP contribution in [0, 0.1) is 13.8 Å². The molecule has 2 aromatic rings. The van der Waals surface area contributed by atoms with Crippen molar-refractivity contribution in [1.82, 2.24) is 19.9 Å². The molecule has 1 atom stereocenters. The van der Waals surface area contributed by atoms with Crippen molar-refractivity contribution < 1.29 is 4.52 Å². The fraction of sp³-hybridized carbons (Fsp3) is 0.643. The molecule has 2 N–H and O–H groups in total. The largest absolute Gasteiger partial charge is 0.339 e. The van der Waals surface area contributed by atoms with Gasteiger partial charge in [0.05, 0.1) is 17.3 Å². The number of nitrogens with two attached hydrogens (primary N) is 1. The molecule has 0 radical (unpaired) electrons. The molecule has 0 aromatic carbocycles. The zero-order chi connectivity index (χ0) is 14.3. The lowest BCUT2D eigenvalue weighted by Gasteiger charge is -2.34. The molecule has 3 rings (SSSR count). The SMILES string of the molecule is Cc1cc(C)n(C(C)Cc2nc(C3(N)CCC3)no2)n1. The molecule has 1 saturated carbocycles. The molecule has 0 amide bonds. The predicted molar refractivity (Wildman–Crippen MR) is 74.1 cm³/mol. The lowest BCUT2D eigenvalue weighted by Crippen LogP contribution is -2.44. The van der Waals surface area contributed by atoms with Crippen molar-refractivity contribution in [3.05, 3.63) is 29.2 Å². The smallest absolute Gasteiger partial charge is 0.228 e. The molecule has 0 spiro atoms. The van der Waals surface area contributed by atoms with Crippen LogP contribution < -0.4 is 5.73 Å². The van der Waals surface area contributed by atoms with Gasteiger partial charge in [-0.25, -0.2) is 0 Å². The maximum Gasteiger partial charge on any atom is 0.228 e. The molecular weight excluding hydrogens is 254 g/mol. The van der Waals surface area contributed by atoms with Gasteiger partial charge in [0.15, 0.2) is 5.82 Å². The molecule has 0 bridgehead atoms. The van der Waals surface area contributed by atoms with Crippen molar-refractivity contribution in [2.75, 3.05) is 0 Å². The van der Waals surface area contributed by atoms with E-state index in [-0.39, 0.29) is 11.6 Å². The van der Waals surface area contributed by atoms with E-state index in [1.165, 1.54) is 0 Å². The van der Waals surface area contributed by atoms with E-state index in [0.717, 1.165) is 30.7 Å². The van der Waals surface area contributed by atoms with Crippen molar-refractivity contribution in [1.29, 1.82) is 0 Å². The number of aryl methyl sites for hydroxylation is 2. The van der Waals surface area contributed by atoms with Crippen molar-refractivity contribution in [2.24, 2.45) is 5.73 Å². The summed E-state index contributed by atoms with van der Waals surface area (Å²) in [6.45, 7) is 6.15. The Balaban J connectivity index is 1.73. The van der Waals surface area contributed by atoms with Crippen LogP contribution in [0.4, 0.5) is 0 Å². The summed E-state index contributed by atoms with van der Waals surface area (Å²) in [7, 11) is 0. The van der Waals surface area contributed by atoms with E-state index >= 15 is 0 Å². The van der Waals surface area contributed by atoms with E-state index in [1.807, 2.05) is 11.6 Å². The fourth-order valence-corrected chi connectivity index (χ4v) is 2.75. The second-order valence-corrected chi connectivity index (χ2v) is 5.95. The Hall–Kier alpha value is -1.69. The highest BCUT2D eigenvalue weighted by Gasteiger charge is 2.39. The van der Waals surface area contributed by atoms with Gasteiger partial charge < -0.3 is 10.3 Å². The summed E-state index contributed by atoms with van der Waals surface area (Å²) in [5.41, 5.74) is 8.01. The summed E-state index contributed by atoms with van der Waals surface area (Å²) in [4.78, 5) is 4.46. The van der Waals surface area contributed by atoms with Gasteiger partial charge in [-0.1, -0.05) is 5.16 Å². The van der Waals surface area contributed by atoms with Crippen LogP contribution in [-0.4, -0.2) is 19.9 Å². The number of hydrogen-bond acceptors (Lipinski definition) is 5. The van der Waals surface area contributed by atoms with Gasteiger partial charge in [0.25, 0.3) is 0 Å². The topological polar surface area (TPSA) is 82.8 Å². The van der Waals surface area contributed by atoms with Crippen LogP contribution in [0.5, 0.6) is 0 Å². The Morgan fingerprint density at radius 3 is 2.75 bits per heavy atom. The van der Waals surface area contributed by atoms with Crippen molar-refractivity contribution in [3.63, 3.8) is 0 Å². The van der Waals surface area contributed by atoms with Crippen LogP contribution in [0.25, 0.3) is 0 Å². The van der Waals surface area contributed by atoms with Crippen LogP contribution in [-0.2, 0) is 12.0 Å². The van der Waals surface area contributed by atoms with Gasteiger partial charge >= 0.3 is 0 Å². The van der Waals surface area contributed by atoms with Gasteiger partial charge in [0.2, 0.25) is 5.89 Å². The first kappa shape index (κ1) is 13.3. The van der Waals surface area contributed by atoms with Crippen LogP contribution >= 0.6 is 0 Å². The summed E-state index contributed by atoms with van der Waals surface area (Å²) < 4.78 is 7.34. The molecule has 20 heavy (non-hydrogen) atoms. The fourth-order valence-electron chi connectivity index (χ4n) is 2.75. The summed E-state index contributed by atoms with van der Waals surface area (Å²) in [6.07, 6.45) is 3.70. The predicted octanol–water partition coefficient (Wildman–Crippen LogP) is 2.02. The molecule has 1 aliphatic carbocycles. The third kappa shape index (κ3) is 2.24. The first-order chi connectivity index (χ1) is 9.48. The molecule has 2 aromatic heterocycles. The van der Waals surface area contributed by atoms with E-state index in [9.17, 15) is 0 Å². The quantitative estimate of drug-likeness (QED) is 0.923. The summed E-state index contributed by atoms with van der Waals surface area (Å²) >= 11 is 0. The summed E-state index contributed by atoms with van der Waals surface area (Å²) in [6, 6.07) is 2.26. The van der Waals surface area contributed by atoms with Crippen molar-refractivity contribution in [3.8, 4) is 0 Å². The number of hydrogen-bond donors (Lipinski definition) is 1. The minimum Gasteiger partial charge on any atom is -0.339 e. The Labute approximate surface area is 118 Å². The molecule has 0 saturated heterocycles. The average Bonchev–Trinajstić information content (AvgIpc) is 2.93. The van der Waals surface area contributed by atoms with Crippen LogP contribution in [0.3, 0.4) is 0 Å². The van der Waals surface area contributed by atoms with Crippen LogP contribution in [0.1, 0.15) is 55.3 Å². The lowest BCUT2D eigenvalue weighted by atomic mass is 9.77. The molecule has 108 valence electrons. The highest BCUT2D eigenvalue weighted by molar-refractivity contribution is 5.10. The van der Waals surface area contributed by atoms with Gasteiger partial charge in [0.1, 0.15) is 0 Å². The Morgan fingerprint density at radius 1 is 1.45 bits per heavy atom. The van der Waals surface area contributed by atoms with Crippen LogP contribution in [0.15, 0.2) is 10.6 Å². The van der Waals surface area contributed by atoms with Gasteiger partial charge in [-0.15, -0.1) is 0 Å². The lowest BCUT2D eigenvalue weighted by molar-refractivity contribution is 0.228. The molecule has 2 heterocycles. The molecule has 0 aliphatic heterocycles. The minimum absolute atomic E-state index is 0.187. The third-order valence-corrected chi connectivity index (χ3v) is 4.09. The molecule has 1 unspecified atom stereocenters. The Morgan fingerprint density at radius 2 is 2.20 bits per heavy atom. The summed E-state index contributed by atoms with van der Waals surface area (Å²) in [5, 5.41) is 8.53. The standard InChI is InChI=1S/C14H21N5O/c1-9-7-10(2)19(17-9)11(3)8-12-16-13(18-20-12)14(15)5-4-6-14/h7,11H,4-6,8,15H2,1-3H3. The number of aromatic nitrogens is 4. The van der Waals surface area contributed by atoms with Crippen molar-refractivity contribution >= 4 is 0 Å². The molecule has 1 aliphatic rings. The second kappa shape index (κ2) is 4.70. The van der Waals surface area contributed by atoms with E-state index in [1.54, 1.807) is 0 Å². The second-order valence-electron chi connectivity index (χ2n) is 5.95. The monoisotopic (exact) mass is 275 g/mol. The summed E-state index contributed by atoms with van der Waals surface area (Å²) in [5.74, 6) is 1.29. The van der Waals surface area contributed by atoms with Crippen molar-refractivity contribution in [2.45, 2.75) is 58.0 Å². The highest BCUT2D eigenvalue weighted by atomic mass is 16.5.